The van der Waals surface area contributed by atoms with Gasteiger partial charge in [0.2, 0.25) is 5.91 Å². The Morgan fingerprint density at radius 3 is 2.12 bits per heavy atom. The normalized spacial score (nSPS) is 12.9. The molecule has 0 aliphatic heterocycles. The molecule has 0 radical (unpaired) electrons. The number of nitrogens with one attached hydrogen (secondary N) is 2. The third-order valence-corrected chi connectivity index (χ3v) is 5.04. The monoisotopic (exact) mass is 455 g/mol. The lowest BCUT2D eigenvalue weighted by Crippen LogP contribution is -2.52. The van der Waals surface area contributed by atoms with Crippen LogP contribution < -0.4 is 10.6 Å². The van der Waals surface area contributed by atoms with Crippen LogP contribution in [0.2, 0.25) is 0 Å². The van der Waals surface area contributed by atoms with Gasteiger partial charge in [0, 0.05) is 12.7 Å². The molecular formula is C25H33N3O5. The number of aliphatic hydroxyl groups excluding tert-OH is 1. The summed E-state index contributed by atoms with van der Waals surface area (Å²) in [5, 5.41) is 15.1. The van der Waals surface area contributed by atoms with Crippen LogP contribution in [0.25, 0.3) is 0 Å². The number of hydrogen-bond donors (Lipinski definition) is 3. The Hall–Kier alpha value is -3.39. The number of anilines is 1. The summed E-state index contributed by atoms with van der Waals surface area (Å²) < 4.78 is 5.19. The zero-order valence-electron chi connectivity index (χ0n) is 20.0. The third kappa shape index (κ3) is 7.05. The summed E-state index contributed by atoms with van der Waals surface area (Å²) >= 11 is 0. The quantitative estimate of drug-likeness (QED) is 0.594. The van der Waals surface area contributed by atoms with Crippen molar-refractivity contribution in [3.05, 3.63) is 65.2 Å². The van der Waals surface area contributed by atoms with E-state index < -0.39 is 42.2 Å². The number of amides is 3. The van der Waals surface area contributed by atoms with Gasteiger partial charge in [0.05, 0.1) is 6.61 Å². The van der Waals surface area contributed by atoms with E-state index in [1.165, 1.54) is 11.9 Å². The van der Waals surface area contributed by atoms with Crippen molar-refractivity contribution in [2.24, 2.45) is 0 Å². The molecule has 2 aromatic rings. The fourth-order valence-electron chi connectivity index (χ4n) is 3.34. The van der Waals surface area contributed by atoms with E-state index in [1.807, 2.05) is 44.2 Å². The number of aliphatic hydroxyl groups is 1. The molecule has 8 heteroatoms. The van der Waals surface area contributed by atoms with Gasteiger partial charge in [-0.25, -0.2) is 4.79 Å². The zero-order chi connectivity index (χ0) is 24.8. The molecule has 2 atom stereocenters. The first-order chi connectivity index (χ1) is 15.4. The van der Waals surface area contributed by atoms with Gasteiger partial charge < -0.3 is 25.4 Å². The maximum absolute atomic E-state index is 13.4. The highest BCUT2D eigenvalue weighted by molar-refractivity contribution is 5.99. The van der Waals surface area contributed by atoms with Crippen LogP contribution in [0.4, 0.5) is 10.5 Å². The van der Waals surface area contributed by atoms with Crippen molar-refractivity contribution >= 4 is 23.6 Å². The minimum Gasteiger partial charge on any atom is -0.444 e. The minimum absolute atomic E-state index is 0.414. The number of benzene rings is 2. The number of carbonyl (C=O) groups excluding carboxylic acids is 3. The molecule has 2 unspecified atom stereocenters. The summed E-state index contributed by atoms with van der Waals surface area (Å²) in [6.45, 7) is 8.15. The molecule has 8 nitrogen and oxygen atoms in total. The first-order valence-corrected chi connectivity index (χ1v) is 10.7. The van der Waals surface area contributed by atoms with Gasteiger partial charge in [0.1, 0.15) is 17.7 Å². The van der Waals surface area contributed by atoms with Gasteiger partial charge in [-0.15, -0.1) is 0 Å². The van der Waals surface area contributed by atoms with Gasteiger partial charge in [-0.05, 0) is 57.4 Å². The van der Waals surface area contributed by atoms with Gasteiger partial charge in [0.15, 0.2) is 0 Å². The molecule has 2 rings (SSSR count). The average Bonchev–Trinajstić information content (AvgIpc) is 2.73. The maximum atomic E-state index is 13.4. The Labute approximate surface area is 194 Å². The van der Waals surface area contributed by atoms with Crippen molar-refractivity contribution in [3.63, 3.8) is 0 Å². The van der Waals surface area contributed by atoms with Gasteiger partial charge in [-0.3, -0.25) is 9.59 Å². The molecule has 2 aromatic carbocycles. The highest BCUT2D eigenvalue weighted by Crippen LogP contribution is 2.26. The molecule has 0 bridgehead atoms. The van der Waals surface area contributed by atoms with Gasteiger partial charge in [-0.2, -0.15) is 0 Å². The van der Waals surface area contributed by atoms with Crippen molar-refractivity contribution in [1.29, 1.82) is 0 Å². The zero-order valence-corrected chi connectivity index (χ0v) is 20.0. The number of para-hydroxylation sites is 1. The molecule has 0 aromatic heterocycles. The molecule has 0 fully saturated rings. The average molecular weight is 456 g/mol. The second-order valence-corrected chi connectivity index (χ2v) is 8.89. The Morgan fingerprint density at radius 2 is 1.58 bits per heavy atom. The number of likely N-dealkylation sites (N-methyl/N-ethyl adjacent to an activating group) is 1. The second kappa shape index (κ2) is 11.0. The van der Waals surface area contributed by atoms with Crippen molar-refractivity contribution in [2.75, 3.05) is 19.0 Å². The lowest BCUT2D eigenvalue weighted by atomic mass is 9.98. The van der Waals surface area contributed by atoms with Crippen molar-refractivity contribution in [2.45, 2.75) is 52.3 Å². The summed E-state index contributed by atoms with van der Waals surface area (Å²) in [6, 6.07) is 12.3. The number of rotatable bonds is 7. The molecule has 0 spiro atoms. The largest absolute Gasteiger partial charge is 0.444 e. The molecular weight excluding hydrogens is 422 g/mol. The highest BCUT2D eigenvalue weighted by atomic mass is 16.6. The van der Waals surface area contributed by atoms with Crippen molar-refractivity contribution < 1.29 is 24.2 Å². The van der Waals surface area contributed by atoms with E-state index in [0.29, 0.717) is 11.3 Å². The van der Waals surface area contributed by atoms with Crippen LogP contribution in [0.5, 0.6) is 0 Å². The van der Waals surface area contributed by atoms with Gasteiger partial charge >= 0.3 is 6.09 Å². The molecule has 3 amide bonds. The van der Waals surface area contributed by atoms with Crippen LogP contribution in [-0.4, -0.2) is 53.2 Å². The van der Waals surface area contributed by atoms with E-state index in [0.717, 1.165) is 11.1 Å². The van der Waals surface area contributed by atoms with Crippen LogP contribution in [0.3, 0.4) is 0 Å². The van der Waals surface area contributed by atoms with Crippen LogP contribution in [0.1, 0.15) is 43.5 Å². The smallest absolute Gasteiger partial charge is 0.408 e. The van der Waals surface area contributed by atoms with Crippen LogP contribution in [-0.2, 0) is 14.3 Å². The van der Waals surface area contributed by atoms with E-state index >= 15 is 0 Å². The Kier molecular flexibility index (Phi) is 8.59. The molecule has 0 aliphatic rings. The molecule has 0 heterocycles. The number of alkyl carbamates (subject to hydrolysis) is 1. The number of hydrogen-bond acceptors (Lipinski definition) is 5. The fraction of sp³-hybridized carbons (Fsp3) is 0.400. The number of carbonyl (C=O) groups is 3. The Morgan fingerprint density at radius 1 is 1.00 bits per heavy atom. The first kappa shape index (κ1) is 25.9. The summed E-state index contributed by atoms with van der Waals surface area (Å²) in [4.78, 5) is 40.0. The van der Waals surface area contributed by atoms with Crippen LogP contribution in [0, 0.1) is 13.8 Å². The SMILES string of the molecule is Cc1ccccc1NC(=O)C(c1ccccc1C)N(C)C(=O)C(CO)NC(=O)OC(C)(C)C. The standard InChI is InChI=1S/C25H33N3O5/c1-16-11-7-9-13-18(16)21(22(30)26-19-14-10-8-12-17(19)2)28(6)23(31)20(15-29)27-24(32)33-25(3,4)5/h7-14,20-21,29H,15H2,1-6H3,(H,26,30)(H,27,32). The highest BCUT2D eigenvalue weighted by Gasteiger charge is 2.34. The number of ether oxygens (including phenoxy) is 1. The van der Waals surface area contributed by atoms with Crippen molar-refractivity contribution in [3.8, 4) is 0 Å². The van der Waals surface area contributed by atoms with Crippen LogP contribution in [0.15, 0.2) is 48.5 Å². The number of aryl methyl sites for hydroxylation is 2. The topological polar surface area (TPSA) is 108 Å². The molecule has 0 aliphatic carbocycles. The fourth-order valence-corrected chi connectivity index (χ4v) is 3.34. The molecule has 0 saturated heterocycles. The first-order valence-electron chi connectivity index (χ1n) is 10.7. The Bertz CT molecular complexity index is 1000. The maximum Gasteiger partial charge on any atom is 0.408 e. The lowest BCUT2D eigenvalue weighted by Gasteiger charge is -2.32. The summed E-state index contributed by atoms with van der Waals surface area (Å²) in [7, 11) is 1.47. The third-order valence-electron chi connectivity index (χ3n) is 5.04. The molecule has 178 valence electrons. The molecule has 0 saturated carbocycles. The van der Waals surface area contributed by atoms with Crippen LogP contribution >= 0.6 is 0 Å². The van der Waals surface area contributed by atoms with E-state index in [1.54, 1.807) is 39.0 Å². The summed E-state index contributed by atoms with van der Waals surface area (Å²) in [5.74, 6) is -1.04. The number of nitrogens with zero attached hydrogens (tertiary/aromatic N) is 1. The van der Waals surface area contributed by atoms with Crippen molar-refractivity contribution in [1.82, 2.24) is 10.2 Å². The van der Waals surface area contributed by atoms with E-state index in [4.69, 9.17) is 4.74 Å². The lowest BCUT2D eigenvalue weighted by molar-refractivity contribution is -0.139. The van der Waals surface area contributed by atoms with E-state index in [2.05, 4.69) is 10.6 Å². The van der Waals surface area contributed by atoms with Gasteiger partial charge in [-0.1, -0.05) is 42.5 Å². The van der Waals surface area contributed by atoms with E-state index in [9.17, 15) is 19.5 Å². The van der Waals surface area contributed by atoms with Gasteiger partial charge in [0.25, 0.3) is 5.91 Å². The molecule has 3 N–H and O–H groups in total. The summed E-state index contributed by atoms with van der Waals surface area (Å²) in [6.07, 6.45) is -0.833. The predicted molar refractivity (Wildman–Crippen MR) is 127 cm³/mol. The summed E-state index contributed by atoms with van der Waals surface area (Å²) in [5.41, 5.74) is 2.20. The Balaban J connectivity index is 2.34. The van der Waals surface area contributed by atoms with E-state index in [-0.39, 0.29) is 0 Å². The molecule has 33 heavy (non-hydrogen) atoms. The second-order valence-electron chi connectivity index (χ2n) is 8.89. The minimum atomic E-state index is -1.28. The predicted octanol–water partition coefficient (Wildman–Crippen LogP) is 3.33.